The highest BCUT2D eigenvalue weighted by Gasteiger charge is 2.17. The minimum Gasteiger partial charge on any atom is -0.451 e. The fraction of sp³-hybridized carbons (Fsp3) is 0.636. The van der Waals surface area contributed by atoms with E-state index in [1.165, 1.54) is 6.92 Å². The molecule has 7 heteroatoms. The van der Waals surface area contributed by atoms with Crippen LogP contribution < -0.4 is 4.72 Å². The van der Waals surface area contributed by atoms with Crippen LogP contribution in [0.1, 0.15) is 27.2 Å². The van der Waals surface area contributed by atoms with E-state index >= 15 is 0 Å². The first-order chi connectivity index (χ1) is 8.33. The molecule has 0 fully saturated rings. The van der Waals surface area contributed by atoms with Crippen molar-refractivity contribution < 1.29 is 18.5 Å². The second kappa shape index (κ2) is 7.71. The molecule has 0 saturated heterocycles. The van der Waals surface area contributed by atoms with E-state index in [0.717, 1.165) is 7.11 Å². The Morgan fingerprint density at radius 2 is 2.11 bits per heavy atom. The van der Waals surface area contributed by atoms with Crippen molar-refractivity contribution in [1.29, 1.82) is 0 Å². The van der Waals surface area contributed by atoms with Crippen LogP contribution >= 0.6 is 0 Å². The topological polar surface area (TPSA) is 84.8 Å². The van der Waals surface area contributed by atoms with Crippen molar-refractivity contribution >= 4 is 21.9 Å². The van der Waals surface area contributed by atoms with E-state index in [1.54, 1.807) is 6.92 Å². The molecule has 2 amide bonds. The molecule has 0 spiro atoms. The monoisotopic (exact) mass is 274 g/mol. The SMILES string of the molecule is CC#CC[C@H](C)CS(=O)(=NC(=O)OC)NC(C)=O. The zero-order valence-corrected chi connectivity index (χ0v) is 11.8. The molecule has 1 N–H and O–H groups in total. The molecule has 0 rings (SSSR count). The van der Waals surface area contributed by atoms with Crippen molar-refractivity contribution in [2.24, 2.45) is 10.3 Å². The van der Waals surface area contributed by atoms with Crippen LogP contribution in [0, 0.1) is 17.8 Å². The lowest BCUT2D eigenvalue weighted by atomic mass is 10.1. The molecule has 0 heterocycles. The molecule has 0 bridgehead atoms. The predicted molar refractivity (Wildman–Crippen MR) is 68.9 cm³/mol. The summed E-state index contributed by atoms with van der Waals surface area (Å²) in [6.07, 6.45) is -0.452. The summed E-state index contributed by atoms with van der Waals surface area (Å²) in [7, 11) is -2.02. The maximum absolute atomic E-state index is 12.3. The minimum atomic E-state index is -3.15. The van der Waals surface area contributed by atoms with E-state index in [-0.39, 0.29) is 11.7 Å². The van der Waals surface area contributed by atoms with Crippen LogP contribution in [0.25, 0.3) is 0 Å². The molecule has 0 aromatic heterocycles. The highest BCUT2D eigenvalue weighted by Crippen LogP contribution is 2.07. The smallest absolute Gasteiger partial charge is 0.442 e. The summed E-state index contributed by atoms with van der Waals surface area (Å²) in [6, 6.07) is 0. The number of hydrogen-bond donors (Lipinski definition) is 1. The minimum absolute atomic E-state index is 0.0519. The predicted octanol–water partition coefficient (Wildman–Crippen LogP) is 1.32. The summed E-state index contributed by atoms with van der Waals surface area (Å²) in [4.78, 5) is 22.1. The number of rotatable bonds is 4. The molecular formula is C11H18N2O4S. The highest BCUT2D eigenvalue weighted by molar-refractivity contribution is 7.92. The van der Waals surface area contributed by atoms with Gasteiger partial charge in [-0.2, -0.15) is 0 Å². The van der Waals surface area contributed by atoms with Crippen molar-refractivity contribution in [2.45, 2.75) is 27.2 Å². The summed E-state index contributed by atoms with van der Waals surface area (Å²) in [5.74, 6) is 5.04. The molecule has 0 aliphatic heterocycles. The number of amides is 2. The molecule has 6 nitrogen and oxygen atoms in total. The number of hydrogen-bond acceptors (Lipinski definition) is 4. The number of carbonyl (C=O) groups excluding carboxylic acids is 2. The van der Waals surface area contributed by atoms with E-state index in [4.69, 9.17) is 0 Å². The molecule has 18 heavy (non-hydrogen) atoms. The summed E-state index contributed by atoms with van der Waals surface area (Å²) in [5, 5.41) is 0. The molecule has 1 unspecified atom stereocenters. The van der Waals surface area contributed by atoms with Crippen molar-refractivity contribution in [2.75, 3.05) is 12.9 Å². The third-order valence-electron chi connectivity index (χ3n) is 1.84. The van der Waals surface area contributed by atoms with Gasteiger partial charge in [0.25, 0.3) is 0 Å². The van der Waals surface area contributed by atoms with Crippen LogP contribution in [0.15, 0.2) is 4.36 Å². The lowest BCUT2D eigenvalue weighted by Crippen LogP contribution is -2.33. The molecule has 102 valence electrons. The molecule has 0 aliphatic rings. The van der Waals surface area contributed by atoms with Crippen LogP contribution in [-0.4, -0.2) is 29.1 Å². The molecule has 0 aromatic rings. The first kappa shape index (κ1) is 16.4. The Morgan fingerprint density at radius 1 is 1.50 bits per heavy atom. The summed E-state index contributed by atoms with van der Waals surface area (Å²) in [5.41, 5.74) is 0. The van der Waals surface area contributed by atoms with Crippen LogP contribution in [0.2, 0.25) is 0 Å². The number of nitrogens with one attached hydrogen (secondary N) is 1. The van der Waals surface area contributed by atoms with Gasteiger partial charge in [-0.15, -0.1) is 16.2 Å². The Morgan fingerprint density at radius 3 is 2.56 bits per heavy atom. The van der Waals surface area contributed by atoms with Gasteiger partial charge in [-0.05, 0) is 12.8 Å². The number of nitrogens with zero attached hydrogens (tertiary/aromatic N) is 1. The maximum Gasteiger partial charge on any atom is 0.442 e. The van der Waals surface area contributed by atoms with Crippen molar-refractivity contribution in [3.05, 3.63) is 0 Å². The lowest BCUT2D eigenvalue weighted by Gasteiger charge is -2.13. The fourth-order valence-corrected chi connectivity index (χ4v) is 3.06. The van der Waals surface area contributed by atoms with Gasteiger partial charge in [0.2, 0.25) is 5.91 Å². The van der Waals surface area contributed by atoms with Crippen LogP contribution in [-0.2, 0) is 19.4 Å². The van der Waals surface area contributed by atoms with E-state index in [2.05, 4.69) is 25.7 Å². The number of methoxy groups -OCH3 is 1. The fourth-order valence-electron chi connectivity index (χ4n) is 1.20. The van der Waals surface area contributed by atoms with Crippen molar-refractivity contribution in [3.8, 4) is 11.8 Å². The normalized spacial score (nSPS) is 14.4. The van der Waals surface area contributed by atoms with Gasteiger partial charge >= 0.3 is 6.09 Å². The van der Waals surface area contributed by atoms with Crippen molar-refractivity contribution in [3.63, 3.8) is 0 Å². The molecule has 0 radical (unpaired) electrons. The zero-order valence-electron chi connectivity index (χ0n) is 11.0. The van der Waals surface area contributed by atoms with Gasteiger partial charge in [0.05, 0.1) is 12.9 Å². The maximum atomic E-state index is 12.3. The van der Waals surface area contributed by atoms with Crippen molar-refractivity contribution in [1.82, 2.24) is 4.72 Å². The first-order valence-electron chi connectivity index (χ1n) is 5.33. The third kappa shape index (κ3) is 6.91. The average Bonchev–Trinajstić information content (AvgIpc) is 2.24. The average molecular weight is 274 g/mol. The van der Waals surface area contributed by atoms with E-state index in [1.807, 2.05) is 6.92 Å². The van der Waals surface area contributed by atoms with E-state index in [0.29, 0.717) is 6.42 Å². The quantitative estimate of drug-likeness (QED) is 0.783. The molecule has 0 aliphatic carbocycles. The Bertz CT molecular complexity index is 481. The first-order valence-corrected chi connectivity index (χ1v) is 7.02. The summed E-state index contributed by atoms with van der Waals surface area (Å²) in [6.45, 7) is 4.73. The van der Waals surface area contributed by atoms with Gasteiger partial charge in [0, 0.05) is 13.3 Å². The summed E-state index contributed by atoms with van der Waals surface area (Å²) < 4.78 is 22.2. The summed E-state index contributed by atoms with van der Waals surface area (Å²) >= 11 is 0. The second-order valence-corrected chi connectivity index (χ2v) is 5.76. The van der Waals surface area contributed by atoms with Gasteiger partial charge in [-0.3, -0.25) is 9.52 Å². The van der Waals surface area contributed by atoms with Gasteiger partial charge < -0.3 is 4.74 Å². The largest absolute Gasteiger partial charge is 0.451 e. The standard InChI is InChI=1S/C11H18N2O4S/c1-5-6-7-9(2)8-18(16,12-10(3)14)13-11(15)17-4/h9H,7-8H2,1-4H3,(H,12,13,14,15,16)/t9-,18?/m0/s1. The zero-order chi connectivity index (χ0) is 14.2. The number of ether oxygens (including phenoxy) is 1. The van der Waals surface area contributed by atoms with E-state index < -0.39 is 21.9 Å². The Balaban J connectivity index is 5.03. The Kier molecular flexibility index (Phi) is 7.05. The van der Waals surface area contributed by atoms with E-state index in [9.17, 15) is 13.8 Å². The Labute approximate surface area is 108 Å². The Hall–Kier alpha value is -1.55. The molecule has 0 saturated carbocycles. The second-order valence-electron chi connectivity index (χ2n) is 3.76. The van der Waals surface area contributed by atoms with Crippen LogP contribution in [0.5, 0.6) is 0 Å². The van der Waals surface area contributed by atoms with Crippen LogP contribution in [0.3, 0.4) is 0 Å². The van der Waals surface area contributed by atoms with Gasteiger partial charge in [-0.25, -0.2) is 9.00 Å². The molecule has 0 aromatic carbocycles. The molecular weight excluding hydrogens is 256 g/mol. The number of carbonyl (C=O) groups is 2. The lowest BCUT2D eigenvalue weighted by molar-refractivity contribution is -0.117. The van der Waals surface area contributed by atoms with Gasteiger partial charge in [0.1, 0.15) is 9.92 Å². The highest BCUT2D eigenvalue weighted by atomic mass is 32.2. The van der Waals surface area contributed by atoms with Gasteiger partial charge in [-0.1, -0.05) is 6.92 Å². The molecule has 2 atom stereocenters. The van der Waals surface area contributed by atoms with Gasteiger partial charge in [0.15, 0.2) is 0 Å². The third-order valence-corrected chi connectivity index (χ3v) is 3.91. The van der Waals surface area contributed by atoms with Crippen LogP contribution in [0.4, 0.5) is 4.79 Å².